The normalized spacial score (nSPS) is 16.2. The Morgan fingerprint density at radius 2 is 1.50 bits per heavy atom. The van der Waals surface area contributed by atoms with Gasteiger partial charge in [0.25, 0.3) is 0 Å². The molecule has 0 radical (unpaired) electrons. The third-order valence-electron chi connectivity index (χ3n) is 4.37. The van der Waals surface area contributed by atoms with E-state index in [1.165, 1.54) is 48.2 Å². The Morgan fingerprint density at radius 1 is 0.955 bits per heavy atom. The lowest BCUT2D eigenvalue weighted by Crippen LogP contribution is -2.18. The molecule has 3 rings (SSSR count). The zero-order valence-electron chi connectivity index (χ0n) is 13.1. The Labute approximate surface area is 138 Å². The highest BCUT2D eigenvalue weighted by molar-refractivity contribution is 6.30. The van der Waals surface area contributed by atoms with E-state index in [1.54, 1.807) is 0 Å². The zero-order valence-corrected chi connectivity index (χ0v) is 13.8. The van der Waals surface area contributed by atoms with Crippen LogP contribution in [0.1, 0.15) is 25.3 Å². The summed E-state index contributed by atoms with van der Waals surface area (Å²) in [7, 11) is 0. The van der Waals surface area contributed by atoms with Gasteiger partial charge >= 0.3 is 0 Å². The van der Waals surface area contributed by atoms with E-state index in [9.17, 15) is 0 Å². The largest absolute Gasteiger partial charge is 0.300 e. The van der Waals surface area contributed by atoms with Gasteiger partial charge in [-0.15, -0.1) is 0 Å². The molecule has 0 spiro atoms. The maximum Gasteiger partial charge on any atom is 0.0406 e. The molecule has 22 heavy (non-hydrogen) atoms. The molecule has 0 aliphatic carbocycles. The first-order chi connectivity index (χ1) is 10.7. The Bertz CT molecular complexity index is 634. The Balaban J connectivity index is 1.70. The van der Waals surface area contributed by atoms with Gasteiger partial charge in [-0.3, -0.25) is 4.90 Å². The summed E-state index contributed by atoms with van der Waals surface area (Å²) in [5.41, 5.74) is 5.09. The number of nitrogens with zero attached hydrogens (tertiary/aromatic N) is 1. The SMILES string of the molecule is CC(=CCN1CCCC1)c1ccc(-c2ccc(Cl)cc2)cc1. The molecule has 0 bridgehead atoms. The molecule has 1 saturated heterocycles. The predicted molar refractivity (Wildman–Crippen MR) is 96.2 cm³/mol. The van der Waals surface area contributed by atoms with Gasteiger partial charge < -0.3 is 0 Å². The maximum absolute atomic E-state index is 5.94. The number of halogens is 1. The van der Waals surface area contributed by atoms with Crippen LogP contribution < -0.4 is 0 Å². The standard InChI is InChI=1S/C20H22ClN/c1-16(12-15-22-13-2-3-14-22)17-4-6-18(7-5-17)19-8-10-20(21)11-9-19/h4-12H,2-3,13-15H2,1H3. The van der Waals surface area contributed by atoms with Crippen molar-refractivity contribution in [3.05, 3.63) is 65.2 Å². The maximum atomic E-state index is 5.94. The van der Waals surface area contributed by atoms with Gasteiger partial charge in [-0.2, -0.15) is 0 Å². The van der Waals surface area contributed by atoms with Gasteiger partial charge in [0.05, 0.1) is 0 Å². The summed E-state index contributed by atoms with van der Waals surface area (Å²) in [5.74, 6) is 0. The van der Waals surface area contributed by atoms with E-state index in [0.717, 1.165) is 11.6 Å². The number of allylic oxidation sites excluding steroid dienone is 1. The van der Waals surface area contributed by atoms with Crippen molar-refractivity contribution < 1.29 is 0 Å². The molecule has 0 aromatic heterocycles. The van der Waals surface area contributed by atoms with Crippen molar-refractivity contribution in [1.82, 2.24) is 4.90 Å². The molecule has 1 heterocycles. The van der Waals surface area contributed by atoms with Crippen LogP contribution in [-0.4, -0.2) is 24.5 Å². The van der Waals surface area contributed by atoms with Gasteiger partial charge in [-0.25, -0.2) is 0 Å². The Kier molecular flexibility index (Phi) is 4.97. The molecule has 1 aliphatic heterocycles. The van der Waals surface area contributed by atoms with Gasteiger partial charge in [0.1, 0.15) is 0 Å². The van der Waals surface area contributed by atoms with Crippen LogP contribution in [0.15, 0.2) is 54.6 Å². The van der Waals surface area contributed by atoms with Crippen LogP contribution in [0.4, 0.5) is 0 Å². The first-order valence-electron chi connectivity index (χ1n) is 7.98. The Hall–Kier alpha value is -1.57. The minimum Gasteiger partial charge on any atom is -0.300 e. The molecular formula is C20H22ClN. The van der Waals surface area contributed by atoms with E-state index >= 15 is 0 Å². The molecule has 114 valence electrons. The highest BCUT2D eigenvalue weighted by atomic mass is 35.5. The minimum absolute atomic E-state index is 0.779. The molecule has 1 fully saturated rings. The van der Waals surface area contributed by atoms with Crippen LogP contribution in [0.5, 0.6) is 0 Å². The summed E-state index contributed by atoms with van der Waals surface area (Å²) in [4.78, 5) is 2.52. The summed E-state index contributed by atoms with van der Waals surface area (Å²) >= 11 is 5.94. The fraction of sp³-hybridized carbons (Fsp3) is 0.300. The van der Waals surface area contributed by atoms with Crippen molar-refractivity contribution in [2.24, 2.45) is 0 Å². The van der Waals surface area contributed by atoms with E-state index in [2.05, 4.69) is 54.3 Å². The lowest BCUT2D eigenvalue weighted by Gasteiger charge is -2.12. The lowest BCUT2D eigenvalue weighted by atomic mass is 10.0. The first-order valence-corrected chi connectivity index (χ1v) is 8.36. The number of hydrogen-bond donors (Lipinski definition) is 0. The summed E-state index contributed by atoms with van der Waals surface area (Å²) < 4.78 is 0. The third kappa shape index (κ3) is 3.79. The highest BCUT2D eigenvalue weighted by Gasteiger charge is 2.09. The molecule has 0 saturated carbocycles. The van der Waals surface area contributed by atoms with Crippen molar-refractivity contribution in [3.8, 4) is 11.1 Å². The quantitative estimate of drug-likeness (QED) is 0.720. The topological polar surface area (TPSA) is 3.24 Å². The van der Waals surface area contributed by atoms with Crippen LogP contribution in [0.2, 0.25) is 5.02 Å². The minimum atomic E-state index is 0.779. The molecule has 2 heteroatoms. The third-order valence-corrected chi connectivity index (χ3v) is 4.62. The summed E-state index contributed by atoms with van der Waals surface area (Å²) in [6, 6.07) is 16.8. The smallest absolute Gasteiger partial charge is 0.0406 e. The summed E-state index contributed by atoms with van der Waals surface area (Å²) in [6.45, 7) is 5.77. The van der Waals surface area contributed by atoms with Crippen LogP contribution in [0.3, 0.4) is 0 Å². The van der Waals surface area contributed by atoms with Crippen LogP contribution >= 0.6 is 11.6 Å². The van der Waals surface area contributed by atoms with Crippen molar-refractivity contribution in [3.63, 3.8) is 0 Å². The molecule has 1 aliphatic rings. The van der Waals surface area contributed by atoms with Crippen LogP contribution in [0.25, 0.3) is 16.7 Å². The molecule has 0 amide bonds. The second-order valence-electron chi connectivity index (χ2n) is 5.98. The average Bonchev–Trinajstić information content (AvgIpc) is 3.07. The highest BCUT2D eigenvalue weighted by Crippen LogP contribution is 2.24. The first kappa shape index (κ1) is 15.3. The number of benzene rings is 2. The molecular weight excluding hydrogens is 290 g/mol. The van der Waals surface area contributed by atoms with E-state index in [0.29, 0.717) is 0 Å². The molecule has 2 aromatic carbocycles. The van der Waals surface area contributed by atoms with Crippen molar-refractivity contribution in [2.75, 3.05) is 19.6 Å². The van der Waals surface area contributed by atoms with Gasteiger partial charge in [0.2, 0.25) is 0 Å². The Morgan fingerprint density at radius 3 is 2.09 bits per heavy atom. The molecule has 1 nitrogen and oxygen atoms in total. The number of rotatable bonds is 4. The summed E-state index contributed by atoms with van der Waals surface area (Å²) in [5, 5.41) is 0.779. The predicted octanol–water partition coefficient (Wildman–Crippen LogP) is 5.51. The monoisotopic (exact) mass is 311 g/mol. The average molecular weight is 312 g/mol. The van der Waals surface area contributed by atoms with E-state index in [-0.39, 0.29) is 0 Å². The van der Waals surface area contributed by atoms with Crippen molar-refractivity contribution >= 4 is 17.2 Å². The zero-order chi connectivity index (χ0) is 15.4. The van der Waals surface area contributed by atoms with Gasteiger partial charge in [-0.1, -0.05) is 54.1 Å². The molecule has 0 atom stereocenters. The molecule has 2 aromatic rings. The lowest BCUT2D eigenvalue weighted by molar-refractivity contribution is 0.377. The van der Waals surface area contributed by atoms with Crippen molar-refractivity contribution in [1.29, 1.82) is 0 Å². The number of hydrogen-bond acceptors (Lipinski definition) is 1. The van der Waals surface area contributed by atoms with E-state index in [4.69, 9.17) is 11.6 Å². The van der Waals surface area contributed by atoms with Crippen molar-refractivity contribution in [2.45, 2.75) is 19.8 Å². The van der Waals surface area contributed by atoms with Crippen LogP contribution in [-0.2, 0) is 0 Å². The summed E-state index contributed by atoms with van der Waals surface area (Å²) in [6.07, 6.45) is 5.05. The van der Waals surface area contributed by atoms with Gasteiger partial charge in [0, 0.05) is 11.6 Å². The van der Waals surface area contributed by atoms with Crippen LogP contribution in [0, 0.1) is 0 Å². The molecule has 0 N–H and O–H groups in total. The molecule has 0 unspecified atom stereocenters. The fourth-order valence-electron chi connectivity index (χ4n) is 2.92. The van der Waals surface area contributed by atoms with Gasteiger partial charge in [-0.05, 0) is 67.3 Å². The fourth-order valence-corrected chi connectivity index (χ4v) is 3.04. The second-order valence-corrected chi connectivity index (χ2v) is 6.42. The van der Waals surface area contributed by atoms with Gasteiger partial charge in [0.15, 0.2) is 0 Å². The van der Waals surface area contributed by atoms with E-state index < -0.39 is 0 Å². The number of likely N-dealkylation sites (tertiary alicyclic amines) is 1. The second kappa shape index (κ2) is 7.13. The van der Waals surface area contributed by atoms with E-state index in [1.807, 2.05) is 12.1 Å².